The van der Waals surface area contributed by atoms with Crippen LogP contribution in [0, 0.1) is 0 Å². The van der Waals surface area contributed by atoms with E-state index in [-0.39, 0.29) is 11.7 Å². The topological polar surface area (TPSA) is 38.8 Å². The summed E-state index contributed by atoms with van der Waals surface area (Å²) in [5.74, 6) is 1.43. The predicted molar refractivity (Wildman–Crippen MR) is 67.8 cm³/mol. The van der Waals surface area contributed by atoms with E-state index in [2.05, 4.69) is 0 Å². The summed E-state index contributed by atoms with van der Waals surface area (Å²) >= 11 is 0. The molecule has 1 aromatic rings. The highest BCUT2D eigenvalue weighted by Crippen LogP contribution is 2.29. The van der Waals surface area contributed by atoms with Crippen molar-refractivity contribution in [1.29, 1.82) is 0 Å². The zero-order valence-electron chi connectivity index (χ0n) is 10.4. The molecule has 0 spiro atoms. The van der Waals surface area contributed by atoms with Gasteiger partial charge in [-0.05, 0) is 38.1 Å². The quantitative estimate of drug-likeness (QED) is 0.757. The van der Waals surface area contributed by atoms with E-state index in [1.54, 1.807) is 0 Å². The molecule has 4 heteroatoms. The summed E-state index contributed by atoms with van der Waals surface area (Å²) in [5.41, 5.74) is -0.300. The predicted octanol–water partition coefficient (Wildman–Crippen LogP) is 2.37. The maximum absolute atomic E-state index is 11.6. The summed E-state index contributed by atoms with van der Waals surface area (Å²) in [4.78, 5) is 0.848. The number of rotatable bonds is 5. The minimum Gasteiger partial charge on any atom is -0.485 e. The lowest BCUT2D eigenvalue weighted by atomic mass is 10.1. The first-order valence-corrected chi connectivity index (χ1v) is 7.14. The second-order valence-corrected chi connectivity index (χ2v) is 6.37. The van der Waals surface area contributed by atoms with Crippen LogP contribution in [0.4, 0.5) is 0 Å². The van der Waals surface area contributed by atoms with Crippen LogP contribution in [0.5, 0.6) is 5.75 Å². The molecule has 1 fully saturated rings. The normalized spacial score (nSPS) is 21.0. The lowest BCUT2D eigenvalue weighted by Gasteiger charge is -2.24. The number of hydrogen-bond acceptors (Lipinski definition) is 3. The van der Waals surface area contributed by atoms with Crippen LogP contribution in [0.2, 0.25) is 0 Å². The van der Waals surface area contributed by atoms with Gasteiger partial charge in [-0.15, -0.1) is 0 Å². The fraction of sp³-hybridized carbons (Fsp3) is 0.538. The van der Waals surface area contributed by atoms with Gasteiger partial charge in [0.15, 0.2) is 0 Å². The molecule has 1 saturated heterocycles. The molecule has 0 aliphatic carbocycles. The molecule has 3 nitrogen and oxygen atoms in total. The summed E-state index contributed by atoms with van der Waals surface area (Å²) in [6.07, 6.45) is 0.187. The van der Waals surface area contributed by atoms with E-state index in [0.717, 1.165) is 17.3 Å². The lowest BCUT2D eigenvalue weighted by molar-refractivity contribution is 0.0744. The summed E-state index contributed by atoms with van der Waals surface area (Å²) < 4.78 is 22.7. The van der Waals surface area contributed by atoms with Crippen LogP contribution in [-0.4, -0.2) is 28.3 Å². The minimum absolute atomic E-state index is 0.187. The smallest absolute Gasteiger partial charge is 0.132 e. The van der Waals surface area contributed by atoms with Crippen LogP contribution in [0.25, 0.3) is 0 Å². The van der Waals surface area contributed by atoms with E-state index in [4.69, 9.17) is 9.47 Å². The van der Waals surface area contributed by atoms with Crippen LogP contribution in [0.15, 0.2) is 29.2 Å². The standard InChI is InChI=1S/C13H18O3S/c1-4-17(14)11-7-5-10(6-8-11)16-13(2,3)12-9-15-12/h5-8,12H,4,9H2,1-3H3. The van der Waals surface area contributed by atoms with E-state index in [1.165, 1.54) is 0 Å². The van der Waals surface area contributed by atoms with Gasteiger partial charge in [-0.1, -0.05) is 6.92 Å². The van der Waals surface area contributed by atoms with E-state index in [9.17, 15) is 4.21 Å². The zero-order chi connectivity index (χ0) is 12.5. The molecule has 0 saturated carbocycles. The monoisotopic (exact) mass is 254 g/mol. The van der Waals surface area contributed by atoms with Crippen molar-refractivity contribution in [3.63, 3.8) is 0 Å². The van der Waals surface area contributed by atoms with Crippen molar-refractivity contribution < 1.29 is 13.7 Å². The average Bonchev–Trinajstić information content (AvgIpc) is 3.12. The molecule has 0 N–H and O–H groups in total. The van der Waals surface area contributed by atoms with Crippen molar-refractivity contribution in [3.8, 4) is 5.75 Å². The Morgan fingerprint density at radius 2 is 2.00 bits per heavy atom. The number of ether oxygens (including phenoxy) is 2. The molecular formula is C13H18O3S. The van der Waals surface area contributed by atoms with Gasteiger partial charge in [0.05, 0.1) is 17.4 Å². The second kappa shape index (κ2) is 4.78. The first-order chi connectivity index (χ1) is 8.03. The Kier molecular flexibility index (Phi) is 3.54. The van der Waals surface area contributed by atoms with Gasteiger partial charge >= 0.3 is 0 Å². The molecule has 1 aromatic carbocycles. The van der Waals surface area contributed by atoms with Gasteiger partial charge in [-0.2, -0.15) is 0 Å². The fourth-order valence-electron chi connectivity index (χ4n) is 1.65. The summed E-state index contributed by atoms with van der Waals surface area (Å²) in [7, 11) is -0.898. The van der Waals surface area contributed by atoms with Crippen molar-refractivity contribution in [1.82, 2.24) is 0 Å². The third kappa shape index (κ3) is 3.07. The summed E-state index contributed by atoms with van der Waals surface area (Å²) in [6, 6.07) is 7.46. The molecule has 17 heavy (non-hydrogen) atoms. The third-order valence-corrected chi connectivity index (χ3v) is 4.16. The van der Waals surface area contributed by atoms with Crippen molar-refractivity contribution in [2.24, 2.45) is 0 Å². The van der Waals surface area contributed by atoms with Crippen LogP contribution < -0.4 is 4.74 Å². The number of epoxide rings is 1. The van der Waals surface area contributed by atoms with Crippen molar-refractivity contribution in [2.45, 2.75) is 37.4 Å². The third-order valence-electron chi connectivity index (χ3n) is 2.84. The molecule has 0 aromatic heterocycles. The van der Waals surface area contributed by atoms with E-state index < -0.39 is 10.8 Å². The maximum atomic E-state index is 11.6. The van der Waals surface area contributed by atoms with Gasteiger partial charge in [0.25, 0.3) is 0 Å². The van der Waals surface area contributed by atoms with Gasteiger partial charge in [0.1, 0.15) is 17.5 Å². The highest BCUT2D eigenvalue weighted by Gasteiger charge is 2.41. The maximum Gasteiger partial charge on any atom is 0.132 e. The molecule has 1 heterocycles. The molecule has 1 aliphatic heterocycles. The Balaban J connectivity index is 2.05. The first kappa shape index (κ1) is 12.6. The Morgan fingerprint density at radius 3 is 2.47 bits per heavy atom. The highest BCUT2D eigenvalue weighted by atomic mass is 32.2. The Labute approximate surface area is 105 Å². The zero-order valence-corrected chi connectivity index (χ0v) is 11.3. The fourth-order valence-corrected chi connectivity index (χ4v) is 2.42. The average molecular weight is 254 g/mol. The SMILES string of the molecule is CCS(=O)c1ccc(OC(C)(C)C2CO2)cc1. The molecule has 0 amide bonds. The second-order valence-electron chi connectivity index (χ2n) is 4.63. The number of benzene rings is 1. The van der Waals surface area contributed by atoms with E-state index in [1.807, 2.05) is 45.0 Å². The van der Waals surface area contributed by atoms with Gasteiger partial charge < -0.3 is 9.47 Å². The molecule has 94 valence electrons. The van der Waals surface area contributed by atoms with Crippen LogP contribution in [-0.2, 0) is 15.5 Å². The van der Waals surface area contributed by atoms with Crippen molar-refractivity contribution in [3.05, 3.63) is 24.3 Å². The van der Waals surface area contributed by atoms with Gasteiger partial charge in [-0.3, -0.25) is 4.21 Å². The molecule has 2 unspecified atom stereocenters. The summed E-state index contributed by atoms with van der Waals surface area (Å²) in [5, 5.41) is 0. The van der Waals surface area contributed by atoms with Crippen molar-refractivity contribution >= 4 is 10.8 Å². The lowest BCUT2D eigenvalue weighted by Crippen LogP contribution is -2.34. The molecule has 0 radical (unpaired) electrons. The summed E-state index contributed by atoms with van der Waals surface area (Å²) in [6.45, 7) is 6.71. The molecule has 2 atom stereocenters. The minimum atomic E-state index is -0.898. The Hall–Kier alpha value is -0.870. The van der Waals surface area contributed by atoms with Gasteiger partial charge in [0, 0.05) is 10.6 Å². The molecule has 1 aliphatic rings. The molecule has 2 rings (SSSR count). The van der Waals surface area contributed by atoms with Gasteiger partial charge in [0.2, 0.25) is 0 Å². The highest BCUT2D eigenvalue weighted by molar-refractivity contribution is 7.85. The Bertz CT molecular complexity index is 407. The van der Waals surface area contributed by atoms with E-state index >= 15 is 0 Å². The Morgan fingerprint density at radius 1 is 1.41 bits per heavy atom. The largest absolute Gasteiger partial charge is 0.485 e. The van der Waals surface area contributed by atoms with Crippen LogP contribution in [0.3, 0.4) is 0 Å². The first-order valence-electron chi connectivity index (χ1n) is 5.82. The van der Waals surface area contributed by atoms with E-state index in [0.29, 0.717) is 5.75 Å². The van der Waals surface area contributed by atoms with Gasteiger partial charge in [-0.25, -0.2) is 0 Å². The van der Waals surface area contributed by atoms with Crippen molar-refractivity contribution in [2.75, 3.05) is 12.4 Å². The number of hydrogen-bond donors (Lipinski definition) is 0. The molecular weight excluding hydrogens is 236 g/mol. The molecule has 0 bridgehead atoms. The van der Waals surface area contributed by atoms with Crippen LogP contribution in [0.1, 0.15) is 20.8 Å². The van der Waals surface area contributed by atoms with Crippen LogP contribution >= 0.6 is 0 Å².